The highest BCUT2D eigenvalue weighted by Gasteiger charge is 2.21. The summed E-state index contributed by atoms with van der Waals surface area (Å²) in [5.74, 6) is -2.50. The number of carboxylic acids is 1. The maximum atomic E-state index is 12.1. The number of sulfone groups is 1. The van der Waals surface area contributed by atoms with Gasteiger partial charge in [-0.2, -0.15) is 0 Å². The third-order valence-electron chi connectivity index (χ3n) is 3.41. The molecule has 1 aromatic rings. The first-order valence-electron chi connectivity index (χ1n) is 7.73. The largest absolute Gasteiger partial charge is 0.493 e. The van der Waals surface area contributed by atoms with Gasteiger partial charge in [0.2, 0.25) is 5.91 Å². The number of hydrogen-bond acceptors (Lipinski definition) is 6. The van der Waals surface area contributed by atoms with Crippen LogP contribution in [0.2, 0.25) is 0 Å². The quantitative estimate of drug-likeness (QED) is 0.602. The van der Waals surface area contributed by atoms with Crippen molar-refractivity contribution in [2.24, 2.45) is 0 Å². The van der Waals surface area contributed by atoms with Crippen molar-refractivity contribution >= 4 is 27.4 Å². The molecule has 0 aromatic heterocycles. The van der Waals surface area contributed by atoms with Gasteiger partial charge in [0.25, 0.3) is 0 Å². The molecule has 1 rings (SSSR count). The molecule has 9 heteroatoms. The molecule has 1 aromatic carbocycles. The Balaban J connectivity index is 2.99. The van der Waals surface area contributed by atoms with E-state index in [9.17, 15) is 18.0 Å². The maximum absolute atomic E-state index is 12.1. The predicted octanol–water partition coefficient (Wildman–Crippen LogP) is 1.95. The molecule has 0 spiro atoms. The Labute approximate surface area is 147 Å². The topological polar surface area (TPSA) is 119 Å². The van der Waals surface area contributed by atoms with Crippen LogP contribution >= 0.6 is 0 Å². The van der Waals surface area contributed by atoms with Gasteiger partial charge in [-0.3, -0.25) is 4.79 Å². The number of nitrogens with one attached hydrogen (secondary N) is 1. The average molecular weight is 373 g/mol. The molecule has 0 radical (unpaired) electrons. The van der Waals surface area contributed by atoms with E-state index in [1.54, 1.807) is 0 Å². The van der Waals surface area contributed by atoms with Gasteiger partial charge in [0.05, 0.1) is 31.2 Å². The minimum atomic E-state index is -3.54. The fourth-order valence-electron chi connectivity index (χ4n) is 2.21. The Hall–Kier alpha value is -2.29. The van der Waals surface area contributed by atoms with Crippen LogP contribution in [0, 0.1) is 0 Å². The molecule has 1 amide bonds. The molecule has 0 aliphatic heterocycles. The van der Waals surface area contributed by atoms with Gasteiger partial charge >= 0.3 is 5.97 Å². The van der Waals surface area contributed by atoms with E-state index in [0.29, 0.717) is 6.42 Å². The maximum Gasteiger partial charge on any atom is 0.335 e. The summed E-state index contributed by atoms with van der Waals surface area (Å²) in [7, 11) is -0.880. The molecule has 2 N–H and O–H groups in total. The first-order valence-corrected chi connectivity index (χ1v) is 9.55. The molecule has 0 unspecified atom stereocenters. The fraction of sp³-hybridized carbons (Fsp3) is 0.500. The van der Waals surface area contributed by atoms with Gasteiger partial charge < -0.3 is 19.9 Å². The number of carbonyl (C=O) groups excluding carboxylic acids is 1. The highest BCUT2D eigenvalue weighted by molar-refractivity contribution is 7.92. The van der Waals surface area contributed by atoms with Crippen molar-refractivity contribution in [1.82, 2.24) is 0 Å². The SMILES string of the molecule is CCCCCS(=O)(=O)CC(=O)Nc1cc(C(=O)O)cc(OC)c1OC. The Kier molecular flexibility index (Phi) is 7.69. The molecule has 0 aliphatic carbocycles. The van der Waals surface area contributed by atoms with Crippen molar-refractivity contribution in [3.8, 4) is 11.5 Å². The zero-order chi connectivity index (χ0) is 19.0. The number of carboxylic acid groups (broad SMARTS) is 1. The van der Waals surface area contributed by atoms with Gasteiger partial charge in [0.1, 0.15) is 5.75 Å². The molecule has 0 saturated carbocycles. The molecule has 0 fully saturated rings. The number of aromatic carboxylic acids is 1. The van der Waals surface area contributed by atoms with E-state index >= 15 is 0 Å². The average Bonchev–Trinajstić information content (AvgIpc) is 2.53. The van der Waals surface area contributed by atoms with Gasteiger partial charge in [-0.1, -0.05) is 19.8 Å². The first-order chi connectivity index (χ1) is 11.7. The van der Waals surface area contributed by atoms with Crippen LogP contribution in [-0.2, 0) is 14.6 Å². The Morgan fingerprint density at radius 2 is 1.84 bits per heavy atom. The third-order valence-corrected chi connectivity index (χ3v) is 5.02. The molecule has 0 aliphatic rings. The van der Waals surface area contributed by atoms with Crippen molar-refractivity contribution < 1.29 is 32.6 Å². The normalized spacial score (nSPS) is 11.0. The van der Waals surface area contributed by atoms with Crippen LogP contribution in [0.25, 0.3) is 0 Å². The van der Waals surface area contributed by atoms with Crippen molar-refractivity contribution in [3.63, 3.8) is 0 Å². The monoisotopic (exact) mass is 373 g/mol. The molecular formula is C16H23NO7S. The van der Waals surface area contributed by atoms with Crippen molar-refractivity contribution in [1.29, 1.82) is 0 Å². The highest BCUT2D eigenvalue weighted by Crippen LogP contribution is 2.36. The van der Waals surface area contributed by atoms with Crippen LogP contribution in [0.1, 0.15) is 36.5 Å². The van der Waals surface area contributed by atoms with Crippen LogP contribution in [0.5, 0.6) is 11.5 Å². The third kappa shape index (κ3) is 6.26. The Morgan fingerprint density at radius 3 is 2.36 bits per heavy atom. The van der Waals surface area contributed by atoms with Crippen LogP contribution in [0.3, 0.4) is 0 Å². The van der Waals surface area contributed by atoms with E-state index < -0.39 is 27.5 Å². The van der Waals surface area contributed by atoms with Crippen LogP contribution < -0.4 is 14.8 Å². The molecule has 0 saturated heterocycles. The smallest absolute Gasteiger partial charge is 0.335 e. The van der Waals surface area contributed by atoms with E-state index in [4.69, 9.17) is 14.6 Å². The van der Waals surface area contributed by atoms with Gasteiger partial charge in [0.15, 0.2) is 21.3 Å². The van der Waals surface area contributed by atoms with Gasteiger partial charge in [-0.05, 0) is 18.6 Å². The predicted molar refractivity (Wildman–Crippen MR) is 93.3 cm³/mol. The second-order valence-corrected chi connectivity index (χ2v) is 7.60. The highest BCUT2D eigenvalue weighted by atomic mass is 32.2. The lowest BCUT2D eigenvalue weighted by atomic mass is 10.1. The molecule has 8 nitrogen and oxygen atoms in total. The van der Waals surface area contributed by atoms with Crippen molar-refractivity contribution in [2.45, 2.75) is 26.2 Å². The zero-order valence-corrected chi connectivity index (χ0v) is 15.3. The number of benzene rings is 1. The zero-order valence-electron chi connectivity index (χ0n) is 14.5. The molecule has 0 atom stereocenters. The van der Waals surface area contributed by atoms with Crippen LogP contribution in [0.15, 0.2) is 12.1 Å². The second-order valence-electron chi connectivity index (χ2n) is 5.41. The number of amides is 1. The van der Waals surface area contributed by atoms with Crippen LogP contribution in [0.4, 0.5) is 5.69 Å². The Bertz CT molecular complexity index is 728. The summed E-state index contributed by atoms with van der Waals surface area (Å²) in [5.41, 5.74) is -0.0910. The number of ether oxygens (including phenoxy) is 2. The van der Waals surface area contributed by atoms with Gasteiger partial charge in [-0.15, -0.1) is 0 Å². The molecule has 25 heavy (non-hydrogen) atoms. The second kappa shape index (κ2) is 9.26. The van der Waals surface area contributed by atoms with E-state index in [-0.39, 0.29) is 28.5 Å². The lowest BCUT2D eigenvalue weighted by Gasteiger charge is -2.15. The summed E-state index contributed by atoms with van der Waals surface area (Å²) in [6.07, 6.45) is 2.14. The number of hydrogen-bond donors (Lipinski definition) is 2. The summed E-state index contributed by atoms with van der Waals surface area (Å²) in [5, 5.41) is 11.5. The lowest BCUT2D eigenvalue weighted by molar-refractivity contribution is -0.113. The summed E-state index contributed by atoms with van der Waals surface area (Å²) >= 11 is 0. The number of anilines is 1. The lowest BCUT2D eigenvalue weighted by Crippen LogP contribution is -2.25. The molecule has 0 bridgehead atoms. The van der Waals surface area contributed by atoms with Crippen molar-refractivity contribution in [3.05, 3.63) is 17.7 Å². The first kappa shape index (κ1) is 20.8. The van der Waals surface area contributed by atoms with Gasteiger partial charge in [0, 0.05) is 0 Å². The molecular weight excluding hydrogens is 350 g/mol. The van der Waals surface area contributed by atoms with E-state index in [1.807, 2.05) is 6.92 Å². The number of methoxy groups -OCH3 is 2. The molecule has 0 heterocycles. The fourth-order valence-corrected chi connectivity index (χ4v) is 3.47. The summed E-state index contributed by atoms with van der Waals surface area (Å²) < 4.78 is 34.1. The van der Waals surface area contributed by atoms with E-state index in [0.717, 1.165) is 12.8 Å². The summed E-state index contributed by atoms with van der Waals surface area (Å²) in [6, 6.07) is 2.43. The summed E-state index contributed by atoms with van der Waals surface area (Å²) in [6.45, 7) is 1.95. The van der Waals surface area contributed by atoms with E-state index in [2.05, 4.69) is 5.32 Å². The molecule has 140 valence electrons. The number of unbranched alkanes of at least 4 members (excludes halogenated alkanes) is 2. The standard InChI is InChI=1S/C16H23NO7S/c1-4-5-6-7-25(21,22)10-14(18)17-12-8-11(16(19)20)9-13(23-2)15(12)24-3/h8-9H,4-7,10H2,1-3H3,(H,17,18)(H,19,20). The van der Waals surface area contributed by atoms with Gasteiger partial charge in [-0.25, -0.2) is 13.2 Å². The van der Waals surface area contributed by atoms with E-state index in [1.165, 1.54) is 26.4 Å². The Morgan fingerprint density at radius 1 is 1.16 bits per heavy atom. The summed E-state index contributed by atoms with van der Waals surface area (Å²) in [4.78, 5) is 23.3. The minimum absolute atomic E-state index is 0.0352. The number of rotatable bonds is 10. The van der Waals surface area contributed by atoms with Crippen LogP contribution in [-0.4, -0.2) is 51.1 Å². The number of carbonyl (C=O) groups is 2. The van der Waals surface area contributed by atoms with Crippen molar-refractivity contribution in [2.75, 3.05) is 31.0 Å². The minimum Gasteiger partial charge on any atom is -0.493 e.